The van der Waals surface area contributed by atoms with Crippen molar-refractivity contribution in [2.75, 3.05) is 5.73 Å². The van der Waals surface area contributed by atoms with Crippen LogP contribution in [-0.2, 0) is 16.0 Å². The maximum Gasteiger partial charge on any atom is 0.328 e. The van der Waals surface area contributed by atoms with Crippen molar-refractivity contribution in [1.82, 2.24) is 4.98 Å². The molecule has 0 saturated heterocycles. The third kappa shape index (κ3) is 8.01. The average Bonchev–Trinajstić information content (AvgIpc) is 2.48. The average molecular weight is 314 g/mol. The molecule has 0 aliphatic carbocycles. The monoisotopic (exact) mass is 314 g/mol. The molecule has 1 aromatic heterocycles. The van der Waals surface area contributed by atoms with Crippen LogP contribution in [0.3, 0.4) is 0 Å². The van der Waals surface area contributed by atoms with Gasteiger partial charge in [0, 0.05) is 24.3 Å². The number of hydrogen-bond donors (Lipinski definition) is 3. The molecule has 23 heavy (non-hydrogen) atoms. The summed E-state index contributed by atoms with van der Waals surface area (Å²) in [4.78, 5) is 23.4. The summed E-state index contributed by atoms with van der Waals surface area (Å²) < 4.78 is 0. The summed E-state index contributed by atoms with van der Waals surface area (Å²) in [6.45, 7) is 2.09. The predicted molar refractivity (Wildman–Crippen MR) is 87.0 cm³/mol. The summed E-state index contributed by atoms with van der Waals surface area (Å²) in [5.41, 5.74) is 9.18. The summed E-state index contributed by atoms with van der Waals surface area (Å²) in [6.07, 6.45) is 1.95. The van der Waals surface area contributed by atoms with E-state index in [1.165, 1.54) is 11.1 Å². The van der Waals surface area contributed by atoms with E-state index in [9.17, 15) is 9.59 Å². The van der Waals surface area contributed by atoms with Crippen molar-refractivity contribution < 1.29 is 19.8 Å². The van der Waals surface area contributed by atoms with Gasteiger partial charge in [0.15, 0.2) is 0 Å². The van der Waals surface area contributed by atoms with E-state index in [0.29, 0.717) is 18.0 Å². The molecule has 2 aromatic rings. The van der Waals surface area contributed by atoms with Gasteiger partial charge in [0.25, 0.3) is 0 Å². The number of pyridine rings is 1. The van der Waals surface area contributed by atoms with Gasteiger partial charge in [-0.15, -0.1) is 0 Å². The minimum absolute atomic E-state index is 0.558. The van der Waals surface area contributed by atoms with Crippen molar-refractivity contribution >= 4 is 17.8 Å². The van der Waals surface area contributed by atoms with Gasteiger partial charge in [-0.3, -0.25) is 0 Å². The van der Waals surface area contributed by atoms with Crippen molar-refractivity contribution in [1.29, 1.82) is 0 Å². The minimum atomic E-state index is -1.26. The topological polar surface area (TPSA) is 114 Å². The molecule has 0 radical (unpaired) electrons. The lowest BCUT2D eigenvalue weighted by Crippen LogP contribution is -1.96. The van der Waals surface area contributed by atoms with Crippen molar-refractivity contribution in [3.05, 3.63) is 71.4 Å². The van der Waals surface area contributed by atoms with Crippen LogP contribution in [0.4, 0.5) is 5.82 Å². The first-order valence-corrected chi connectivity index (χ1v) is 6.77. The van der Waals surface area contributed by atoms with Crippen molar-refractivity contribution in [3.63, 3.8) is 0 Å². The minimum Gasteiger partial charge on any atom is -0.478 e. The maximum absolute atomic E-state index is 9.55. The first-order valence-electron chi connectivity index (χ1n) is 6.77. The number of nitrogen functional groups attached to an aromatic ring is 1. The number of carboxylic acid groups (broad SMARTS) is 2. The third-order valence-electron chi connectivity index (χ3n) is 2.70. The Morgan fingerprint density at radius 1 is 1.04 bits per heavy atom. The van der Waals surface area contributed by atoms with Gasteiger partial charge in [0.2, 0.25) is 0 Å². The van der Waals surface area contributed by atoms with Crippen molar-refractivity contribution in [2.45, 2.75) is 13.3 Å². The summed E-state index contributed by atoms with van der Waals surface area (Å²) in [6, 6.07) is 14.2. The van der Waals surface area contributed by atoms with Crippen LogP contribution in [0.5, 0.6) is 0 Å². The van der Waals surface area contributed by atoms with Gasteiger partial charge in [-0.1, -0.05) is 35.9 Å². The maximum atomic E-state index is 9.55. The number of anilines is 1. The molecule has 1 aromatic carbocycles. The second kappa shape index (κ2) is 8.99. The molecule has 0 amide bonds. The summed E-state index contributed by atoms with van der Waals surface area (Å²) in [5, 5.41) is 15.6. The van der Waals surface area contributed by atoms with Crippen LogP contribution in [0.15, 0.2) is 54.6 Å². The van der Waals surface area contributed by atoms with Gasteiger partial charge in [-0.25, -0.2) is 14.6 Å². The first-order chi connectivity index (χ1) is 10.9. The van der Waals surface area contributed by atoms with Gasteiger partial charge >= 0.3 is 11.9 Å². The molecule has 0 saturated carbocycles. The number of rotatable bonds is 4. The number of aromatic nitrogens is 1. The highest BCUT2D eigenvalue weighted by Gasteiger charge is 1.97. The molecule has 120 valence electrons. The van der Waals surface area contributed by atoms with Gasteiger partial charge in [0.05, 0.1) is 0 Å². The molecule has 6 heteroatoms. The lowest BCUT2D eigenvalue weighted by Gasteiger charge is -2.02. The standard InChI is InChI=1S/C13H14N2.C4H4O4/c1-10-5-7-11(8-6-10)9-12-3-2-4-13(14)15-12;5-3(6)1-2-4(7)8/h2-8H,9H2,1H3,(H2,14,15);1-2H,(H,5,6)(H,7,8)/b;2-1-. The van der Waals surface area contributed by atoms with E-state index in [-0.39, 0.29) is 0 Å². The molecular formula is C17H18N2O4. The number of aryl methyl sites for hydroxylation is 1. The Morgan fingerprint density at radius 3 is 2.09 bits per heavy atom. The molecule has 0 bridgehead atoms. The molecule has 2 rings (SSSR count). The highest BCUT2D eigenvalue weighted by atomic mass is 16.4. The second-order valence-corrected chi connectivity index (χ2v) is 4.73. The Morgan fingerprint density at radius 2 is 1.61 bits per heavy atom. The fraction of sp³-hybridized carbons (Fsp3) is 0.118. The third-order valence-corrected chi connectivity index (χ3v) is 2.70. The normalized spacial score (nSPS) is 9.96. The zero-order valence-electron chi connectivity index (χ0n) is 12.6. The number of carbonyl (C=O) groups is 2. The highest BCUT2D eigenvalue weighted by molar-refractivity contribution is 5.89. The Bertz CT molecular complexity index is 678. The van der Waals surface area contributed by atoms with E-state index in [1.807, 2.05) is 12.1 Å². The molecule has 6 nitrogen and oxygen atoms in total. The van der Waals surface area contributed by atoms with Gasteiger partial charge in [-0.05, 0) is 24.6 Å². The zero-order valence-corrected chi connectivity index (χ0v) is 12.6. The van der Waals surface area contributed by atoms with E-state index >= 15 is 0 Å². The molecule has 1 heterocycles. The Labute approximate surface area is 133 Å². The van der Waals surface area contributed by atoms with Crippen molar-refractivity contribution in [2.24, 2.45) is 0 Å². The SMILES string of the molecule is Cc1ccc(Cc2cccc(N)n2)cc1.O=C(O)/C=C\C(=O)O. The van der Waals surface area contributed by atoms with Gasteiger partial charge in [0.1, 0.15) is 5.82 Å². The van der Waals surface area contributed by atoms with E-state index in [1.54, 1.807) is 6.07 Å². The summed E-state index contributed by atoms with van der Waals surface area (Å²) in [5.74, 6) is -1.93. The van der Waals surface area contributed by atoms with E-state index < -0.39 is 11.9 Å². The lowest BCUT2D eigenvalue weighted by atomic mass is 10.1. The number of benzene rings is 1. The van der Waals surface area contributed by atoms with Crippen LogP contribution in [0.2, 0.25) is 0 Å². The molecule has 4 N–H and O–H groups in total. The number of hydrogen-bond acceptors (Lipinski definition) is 4. The summed E-state index contributed by atoms with van der Waals surface area (Å²) >= 11 is 0. The fourth-order valence-corrected chi connectivity index (χ4v) is 1.65. The smallest absolute Gasteiger partial charge is 0.328 e. The molecule has 0 atom stereocenters. The van der Waals surface area contributed by atoms with Crippen LogP contribution in [0, 0.1) is 6.92 Å². The molecule has 0 fully saturated rings. The lowest BCUT2D eigenvalue weighted by molar-refractivity contribution is -0.134. The first kappa shape index (κ1) is 17.9. The van der Waals surface area contributed by atoms with E-state index in [2.05, 4.69) is 36.2 Å². The van der Waals surface area contributed by atoms with Crippen LogP contribution in [0.1, 0.15) is 16.8 Å². The molecule has 0 aliphatic rings. The van der Waals surface area contributed by atoms with E-state index in [4.69, 9.17) is 15.9 Å². The van der Waals surface area contributed by atoms with Crippen LogP contribution < -0.4 is 5.73 Å². The van der Waals surface area contributed by atoms with Crippen LogP contribution in [0.25, 0.3) is 0 Å². The number of carboxylic acids is 2. The Kier molecular flexibility index (Phi) is 7.00. The number of nitrogens with zero attached hydrogens (tertiary/aromatic N) is 1. The largest absolute Gasteiger partial charge is 0.478 e. The predicted octanol–water partition coefficient (Wildman–Crippen LogP) is 2.27. The van der Waals surface area contributed by atoms with Gasteiger partial charge in [-0.2, -0.15) is 0 Å². The number of aliphatic carboxylic acids is 2. The molecule has 0 unspecified atom stereocenters. The fourth-order valence-electron chi connectivity index (χ4n) is 1.65. The summed E-state index contributed by atoms with van der Waals surface area (Å²) in [7, 11) is 0. The number of nitrogens with two attached hydrogens (primary N) is 1. The molecular weight excluding hydrogens is 296 g/mol. The second-order valence-electron chi connectivity index (χ2n) is 4.73. The highest BCUT2D eigenvalue weighted by Crippen LogP contribution is 2.09. The Hall–Kier alpha value is -3.15. The molecule has 0 spiro atoms. The van der Waals surface area contributed by atoms with Crippen LogP contribution >= 0.6 is 0 Å². The molecule has 0 aliphatic heterocycles. The zero-order chi connectivity index (χ0) is 17.2. The van der Waals surface area contributed by atoms with Gasteiger partial charge < -0.3 is 15.9 Å². The van der Waals surface area contributed by atoms with E-state index in [0.717, 1.165) is 12.1 Å². The van der Waals surface area contributed by atoms with Crippen molar-refractivity contribution in [3.8, 4) is 0 Å². The van der Waals surface area contributed by atoms with Crippen LogP contribution in [-0.4, -0.2) is 27.1 Å². The Balaban J connectivity index is 0.000000284. The quantitative estimate of drug-likeness (QED) is 0.746.